The number of piperidine rings is 1. The lowest BCUT2D eigenvalue weighted by Crippen LogP contribution is -2.44. The molecule has 3 rings (SSSR count). The van der Waals surface area contributed by atoms with E-state index in [-0.39, 0.29) is 17.8 Å². The van der Waals surface area contributed by atoms with Crippen molar-refractivity contribution in [2.24, 2.45) is 0 Å². The van der Waals surface area contributed by atoms with Gasteiger partial charge in [-0.15, -0.1) is 0 Å². The fourth-order valence-corrected chi connectivity index (χ4v) is 3.40. The summed E-state index contributed by atoms with van der Waals surface area (Å²) in [6.07, 6.45) is 3.21. The first-order chi connectivity index (χ1) is 10.6. The van der Waals surface area contributed by atoms with Crippen LogP contribution in [0, 0.1) is 0 Å². The zero-order valence-electron chi connectivity index (χ0n) is 12.1. The number of fused-ring (bicyclic) bond motifs is 1. The molecule has 22 heavy (non-hydrogen) atoms. The summed E-state index contributed by atoms with van der Waals surface area (Å²) < 4.78 is 1.67. The number of halogens is 2. The lowest BCUT2D eigenvalue weighted by molar-refractivity contribution is 0.0909. The molecule has 0 amide bonds. The maximum atomic E-state index is 12.1. The van der Waals surface area contributed by atoms with Crippen LogP contribution >= 0.6 is 23.2 Å². The number of imidazole rings is 1. The highest BCUT2D eigenvalue weighted by molar-refractivity contribution is 6.42. The molecule has 3 N–H and O–H groups in total. The molecule has 1 aromatic carbocycles. The maximum absolute atomic E-state index is 12.1. The summed E-state index contributed by atoms with van der Waals surface area (Å²) in [7, 11) is 0. The molecule has 1 fully saturated rings. The Bertz CT molecular complexity index is 725. The molecular weight excluding hydrogens is 325 g/mol. The van der Waals surface area contributed by atoms with Crippen LogP contribution < -0.4 is 11.0 Å². The Labute approximate surface area is 138 Å². The molecule has 2 atom stereocenters. The molecule has 0 spiro atoms. The van der Waals surface area contributed by atoms with Gasteiger partial charge in [0, 0.05) is 12.6 Å². The average molecular weight is 344 g/mol. The van der Waals surface area contributed by atoms with Crippen molar-refractivity contribution in [3.63, 3.8) is 0 Å². The predicted octanol–water partition coefficient (Wildman–Crippen LogP) is 2.53. The van der Waals surface area contributed by atoms with E-state index in [1.54, 1.807) is 16.7 Å². The topological polar surface area (TPSA) is 70.0 Å². The highest BCUT2D eigenvalue weighted by Gasteiger charge is 2.22. The summed E-state index contributed by atoms with van der Waals surface area (Å²) in [5.41, 5.74) is 1.29. The quantitative estimate of drug-likeness (QED) is 0.798. The first-order valence-corrected chi connectivity index (χ1v) is 8.31. The number of hydrogen-bond acceptors (Lipinski definition) is 3. The lowest BCUT2D eigenvalue weighted by atomic mass is 9.97. The molecule has 0 unspecified atom stereocenters. The summed E-state index contributed by atoms with van der Waals surface area (Å²) in [6.45, 7) is 1.53. The van der Waals surface area contributed by atoms with Gasteiger partial charge in [-0.05, 0) is 44.4 Å². The number of H-pyrrole nitrogens is 1. The van der Waals surface area contributed by atoms with Crippen LogP contribution in [0.15, 0.2) is 16.9 Å². The smallest absolute Gasteiger partial charge is 0.326 e. The van der Waals surface area contributed by atoms with Crippen LogP contribution in [0.5, 0.6) is 0 Å². The minimum atomic E-state index is -0.290. The van der Waals surface area contributed by atoms with Gasteiger partial charge in [-0.3, -0.25) is 4.57 Å². The van der Waals surface area contributed by atoms with E-state index in [1.165, 1.54) is 0 Å². The molecule has 1 aliphatic heterocycles. The third-order valence-corrected chi connectivity index (χ3v) is 4.98. The number of nitrogens with zero attached hydrogens (tertiary/aromatic N) is 1. The second-order valence-corrected chi connectivity index (χ2v) is 6.59. The molecule has 0 aliphatic carbocycles. The number of nitrogens with one attached hydrogen (secondary N) is 2. The van der Waals surface area contributed by atoms with Gasteiger partial charge in [-0.2, -0.15) is 0 Å². The zero-order chi connectivity index (χ0) is 15.7. The standard InChI is InChI=1S/C15H19Cl2N3O2/c16-9-7-12-13(8-10(9)17)20(15(22)19-12)6-2-3-11-14(21)4-1-5-18-11/h7-8,11,14,18,21H,1-6H2,(H,19,22)/t11-,14+/m1/s1. The average Bonchev–Trinajstić information content (AvgIpc) is 2.77. The molecule has 1 saturated heterocycles. The van der Waals surface area contributed by atoms with Crippen molar-refractivity contribution in [1.29, 1.82) is 0 Å². The van der Waals surface area contributed by atoms with Crippen molar-refractivity contribution in [2.75, 3.05) is 6.54 Å². The number of aryl methyl sites for hydroxylation is 1. The van der Waals surface area contributed by atoms with E-state index in [0.717, 1.165) is 37.7 Å². The van der Waals surface area contributed by atoms with Gasteiger partial charge in [0.05, 0.1) is 27.2 Å². The molecule has 1 aromatic heterocycles. The van der Waals surface area contributed by atoms with Crippen LogP contribution in [0.1, 0.15) is 25.7 Å². The van der Waals surface area contributed by atoms with Crippen LogP contribution in [0.25, 0.3) is 11.0 Å². The van der Waals surface area contributed by atoms with Crippen LogP contribution in [-0.4, -0.2) is 33.3 Å². The zero-order valence-corrected chi connectivity index (χ0v) is 13.6. The van der Waals surface area contributed by atoms with Gasteiger partial charge in [-0.1, -0.05) is 23.2 Å². The Morgan fingerprint density at radius 3 is 2.86 bits per heavy atom. The Morgan fingerprint density at radius 1 is 1.32 bits per heavy atom. The number of aliphatic hydroxyl groups is 1. The Balaban J connectivity index is 1.72. The van der Waals surface area contributed by atoms with Crippen LogP contribution in [-0.2, 0) is 6.54 Å². The second kappa shape index (κ2) is 6.62. The minimum absolute atomic E-state index is 0.118. The van der Waals surface area contributed by atoms with Crippen molar-refractivity contribution < 1.29 is 5.11 Å². The van der Waals surface area contributed by atoms with E-state index in [1.807, 2.05) is 0 Å². The largest absolute Gasteiger partial charge is 0.392 e. The molecule has 7 heteroatoms. The third kappa shape index (κ3) is 3.18. The minimum Gasteiger partial charge on any atom is -0.392 e. The van der Waals surface area contributed by atoms with Gasteiger partial charge in [-0.25, -0.2) is 4.79 Å². The van der Waals surface area contributed by atoms with Gasteiger partial charge in [0.25, 0.3) is 0 Å². The first kappa shape index (κ1) is 15.9. The van der Waals surface area contributed by atoms with Gasteiger partial charge in [0.1, 0.15) is 0 Å². The van der Waals surface area contributed by atoms with Crippen molar-refractivity contribution in [1.82, 2.24) is 14.9 Å². The van der Waals surface area contributed by atoms with Crippen LogP contribution in [0.4, 0.5) is 0 Å². The molecule has 1 aliphatic rings. The highest BCUT2D eigenvalue weighted by Crippen LogP contribution is 2.26. The van der Waals surface area contributed by atoms with E-state index in [2.05, 4.69) is 10.3 Å². The van der Waals surface area contributed by atoms with Gasteiger partial charge < -0.3 is 15.4 Å². The van der Waals surface area contributed by atoms with Crippen LogP contribution in [0.2, 0.25) is 10.0 Å². The number of benzene rings is 1. The fourth-order valence-electron chi connectivity index (χ4n) is 3.07. The third-order valence-electron chi connectivity index (χ3n) is 4.26. The van der Waals surface area contributed by atoms with E-state index < -0.39 is 0 Å². The van der Waals surface area contributed by atoms with Crippen molar-refractivity contribution in [2.45, 2.75) is 44.4 Å². The van der Waals surface area contributed by atoms with Gasteiger partial charge in [0.15, 0.2) is 0 Å². The molecule has 0 radical (unpaired) electrons. The summed E-state index contributed by atoms with van der Waals surface area (Å²) in [6, 6.07) is 3.50. The number of hydrogen-bond donors (Lipinski definition) is 3. The first-order valence-electron chi connectivity index (χ1n) is 7.55. The van der Waals surface area contributed by atoms with E-state index in [9.17, 15) is 9.90 Å². The monoisotopic (exact) mass is 343 g/mol. The Morgan fingerprint density at radius 2 is 2.09 bits per heavy atom. The van der Waals surface area contributed by atoms with Crippen molar-refractivity contribution >= 4 is 34.2 Å². The molecule has 5 nitrogen and oxygen atoms in total. The van der Waals surface area contributed by atoms with E-state index in [0.29, 0.717) is 22.1 Å². The number of rotatable bonds is 4. The second-order valence-electron chi connectivity index (χ2n) is 5.78. The summed E-state index contributed by atoms with van der Waals surface area (Å²) in [5, 5.41) is 14.1. The van der Waals surface area contributed by atoms with Gasteiger partial charge >= 0.3 is 5.69 Å². The molecule has 2 heterocycles. The highest BCUT2D eigenvalue weighted by atomic mass is 35.5. The molecule has 0 saturated carbocycles. The van der Waals surface area contributed by atoms with Crippen molar-refractivity contribution in [3.8, 4) is 0 Å². The van der Waals surface area contributed by atoms with Crippen LogP contribution in [0.3, 0.4) is 0 Å². The maximum Gasteiger partial charge on any atom is 0.326 e. The summed E-state index contributed by atoms with van der Waals surface area (Å²) in [4.78, 5) is 14.9. The fraction of sp³-hybridized carbons (Fsp3) is 0.533. The predicted molar refractivity (Wildman–Crippen MR) is 88.8 cm³/mol. The number of aromatic nitrogens is 2. The summed E-state index contributed by atoms with van der Waals surface area (Å²) >= 11 is 12.0. The summed E-state index contributed by atoms with van der Waals surface area (Å²) in [5.74, 6) is 0. The lowest BCUT2D eigenvalue weighted by Gasteiger charge is -2.28. The molecule has 2 aromatic rings. The van der Waals surface area contributed by atoms with E-state index in [4.69, 9.17) is 23.2 Å². The molecular formula is C15H19Cl2N3O2. The van der Waals surface area contributed by atoms with Gasteiger partial charge in [0.2, 0.25) is 0 Å². The molecule has 120 valence electrons. The van der Waals surface area contributed by atoms with E-state index >= 15 is 0 Å². The normalized spacial score (nSPS) is 22.3. The SMILES string of the molecule is O=c1[nH]c2cc(Cl)c(Cl)cc2n1CCC[C@H]1NCCC[C@@H]1O. The Kier molecular flexibility index (Phi) is 4.78. The number of aromatic amines is 1. The number of aliphatic hydroxyl groups excluding tert-OH is 1. The Hall–Kier alpha value is -1.01. The van der Waals surface area contributed by atoms with Crippen molar-refractivity contribution in [3.05, 3.63) is 32.7 Å². The molecule has 0 bridgehead atoms.